The average Bonchev–Trinajstić information content (AvgIpc) is 0.916. The second-order valence-corrected chi connectivity index (χ2v) is 31.9. The van der Waals surface area contributed by atoms with Crippen LogP contribution in [-0.2, 0) is 5.41 Å². The van der Waals surface area contributed by atoms with Gasteiger partial charge in [0.25, 0.3) is 0 Å². The van der Waals surface area contributed by atoms with E-state index in [4.69, 9.17) is 0 Å². The molecule has 24 rings (SSSR count). The van der Waals surface area contributed by atoms with Crippen molar-refractivity contribution in [2.75, 3.05) is 4.90 Å². The van der Waals surface area contributed by atoms with Crippen molar-refractivity contribution in [2.24, 2.45) is 0 Å². The van der Waals surface area contributed by atoms with Crippen molar-refractivity contribution in [1.82, 2.24) is 57.7 Å². The smallest absolute Gasteiger partial charge is 0.145 e. The number of aromatic nitrogens is 12. The first-order valence-corrected chi connectivity index (χ1v) is 41.6. The highest BCUT2D eigenvalue weighted by Gasteiger charge is 2.36. The normalized spacial score (nSPS) is 12.0. The van der Waals surface area contributed by atoms with Gasteiger partial charge >= 0.3 is 0 Å². The molecule has 0 N–H and O–H groups in total. The highest BCUT2D eigenvalue weighted by molar-refractivity contribution is 6.12. The van der Waals surface area contributed by atoms with Crippen molar-refractivity contribution in [1.29, 1.82) is 0 Å². The molecule has 1 aliphatic rings. The van der Waals surface area contributed by atoms with Gasteiger partial charge in [-0.2, -0.15) is 0 Å². The summed E-state index contributed by atoms with van der Waals surface area (Å²) in [6.07, 6.45) is 20.6. The van der Waals surface area contributed by atoms with E-state index in [0.29, 0.717) is 0 Å². The van der Waals surface area contributed by atoms with Gasteiger partial charge in [0.2, 0.25) is 0 Å². The van der Waals surface area contributed by atoms with Crippen LogP contribution in [0.1, 0.15) is 58.4 Å². The van der Waals surface area contributed by atoms with E-state index in [1.807, 2.05) is 86.4 Å². The highest BCUT2D eigenvalue weighted by atomic mass is 15.2. The molecule has 0 bridgehead atoms. The molecule has 0 aliphatic carbocycles. The van der Waals surface area contributed by atoms with E-state index in [0.717, 1.165) is 72.1 Å². The van der Waals surface area contributed by atoms with Crippen LogP contribution in [0.5, 0.6) is 0 Å². The first-order valence-electron chi connectivity index (χ1n) is 41.6. The molecule has 0 radical (unpaired) electrons. The van der Waals surface area contributed by atoms with Gasteiger partial charge in [-0.05, 0) is 216 Å². The van der Waals surface area contributed by atoms with Gasteiger partial charge in [-0.1, -0.05) is 211 Å². The van der Waals surface area contributed by atoms with E-state index in [1.54, 1.807) is 0 Å². The zero-order valence-corrected chi connectivity index (χ0v) is 69.8. The fourth-order valence-electron chi connectivity index (χ4n) is 17.3. The van der Waals surface area contributed by atoms with Gasteiger partial charge in [-0.15, -0.1) is 0 Å². The van der Waals surface area contributed by atoms with Crippen molar-refractivity contribution < 1.29 is 0 Å². The molecule has 23 aromatic rings. The standard InChI is InChI=1S/C22H21N.3C18H14N2.2C17H13N3/c1-16-12-14-17(15-13-16)23-20-10-6-4-8-18(20)22(2,3)19-9-5-7-11-21(19)23;1-13-8-10-14(11-9-13)20-17-7-3-2-5-15(17)16-6-4-12-19-18(16)20;1-13-6-8-14(9-7-13)20-17-5-3-2-4-15(17)16-12-19-11-10-18(16)20;1-13-6-8-14(9-7-13)20-17-5-3-2-4-15(17)16-10-11-19-12-18(16)20;1-12-2-4-13(5-3-12)20-16-6-8-18-10-14(16)15-11-19-9-7-17(15)20;1-12-6-8-13(9-7-12)20-14-4-2-10-18-16(14)17-15(20)5-3-11-19-17/h4-15H,1-3H3;3*2-12H,1H3;2*2-11H,1H3. The fraction of sp³-hybridized carbons (Fsp3) is 0.0818. The zero-order valence-electron chi connectivity index (χ0n) is 69.8. The number of aryl methyl sites for hydroxylation is 6. The Morgan fingerprint density at radius 1 is 0.203 bits per heavy atom. The minimum absolute atomic E-state index is 0.00832. The summed E-state index contributed by atoms with van der Waals surface area (Å²) in [5, 5.41) is 9.67. The fourth-order valence-corrected chi connectivity index (χ4v) is 17.3. The quantitative estimate of drug-likeness (QED) is 0.162. The lowest BCUT2D eigenvalue weighted by atomic mass is 9.73. The summed E-state index contributed by atoms with van der Waals surface area (Å²) in [5.74, 6) is 0. The molecule has 12 aromatic heterocycles. The molecule has 0 atom stereocenters. The molecule has 594 valence electrons. The topological polar surface area (TPSA) is 118 Å². The van der Waals surface area contributed by atoms with Crippen LogP contribution in [0.3, 0.4) is 0 Å². The molecule has 13 heteroatoms. The summed E-state index contributed by atoms with van der Waals surface area (Å²) >= 11 is 0. The number of hydrogen-bond donors (Lipinski definition) is 0. The molecule has 0 spiro atoms. The second-order valence-electron chi connectivity index (χ2n) is 31.9. The zero-order chi connectivity index (χ0) is 83.7. The Morgan fingerprint density at radius 3 is 0.911 bits per heavy atom. The third-order valence-electron chi connectivity index (χ3n) is 23.4. The number of rotatable bonds is 6. The number of benzene rings is 11. The molecule has 0 fully saturated rings. The van der Waals surface area contributed by atoms with Gasteiger partial charge < -0.3 is 23.2 Å². The minimum Gasteiger partial charge on any atom is -0.310 e. The van der Waals surface area contributed by atoms with Gasteiger partial charge in [-0.3, -0.25) is 34.5 Å². The molecular formula is C110H89N13. The number of nitrogens with zero attached hydrogens (tertiary/aromatic N) is 13. The van der Waals surface area contributed by atoms with E-state index in [1.165, 1.54) is 127 Å². The molecular weight excluding hydrogens is 1500 g/mol. The molecule has 0 saturated heterocycles. The van der Waals surface area contributed by atoms with Crippen molar-refractivity contribution in [3.05, 3.63) is 440 Å². The van der Waals surface area contributed by atoms with Crippen LogP contribution in [0, 0.1) is 41.5 Å². The number of anilines is 3. The van der Waals surface area contributed by atoms with Crippen molar-refractivity contribution >= 4 is 126 Å². The number of fused-ring (bicyclic) bond motifs is 17. The third kappa shape index (κ3) is 14.7. The van der Waals surface area contributed by atoms with Crippen LogP contribution in [-0.4, -0.2) is 57.7 Å². The summed E-state index contributed by atoms with van der Waals surface area (Å²) < 4.78 is 11.3. The highest BCUT2D eigenvalue weighted by Crippen LogP contribution is 2.52. The molecule has 13 heterocycles. The van der Waals surface area contributed by atoms with Crippen LogP contribution < -0.4 is 4.90 Å². The maximum absolute atomic E-state index is 4.58. The van der Waals surface area contributed by atoms with Crippen LogP contribution in [0.25, 0.3) is 138 Å². The predicted octanol–water partition coefficient (Wildman–Crippen LogP) is 27.3. The van der Waals surface area contributed by atoms with E-state index in [2.05, 4.69) is 427 Å². The van der Waals surface area contributed by atoms with Crippen LogP contribution in [0.15, 0.2) is 396 Å². The first-order chi connectivity index (χ1) is 60.3. The van der Waals surface area contributed by atoms with E-state index in [-0.39, 0.29) is 5.41 Å². The Hall–Kier alpha value is -15.7. The lowest BCUT2D eigenvalue weighted by Crippen LogP contribution is -2.30. The average molecular weight is 1590 g/mol. The van der Waals surface area contributed by atoms with Crippen LogP contribution in [0.4, 0.5) is 17.1 Å². The molecule has 123 heavy (non-hydrogen) atoms. The Kier molecular flexibility index (Phi) is 20.9. The molecule has 11 aromatic carbocycles. The van der Waals surface area contributed by atoms with Gasteiger partial charge in [0.1, 0.15) is 16.7 Å². The van der Waals surface area contributed by atoms with E-state index < -0.39 is 0 Å². The van der Waals surface area contributed by atoms with Gasteiger partial charge in [-0.25, -0.2) is 4.98 Å². The van der Waals surface area contributed by atoms with Gasteiger partial charge in [0.05, 0.1) is 67.2 Å². The molecule has 0 unspecified atom stereocenters. The summed E-state index contributed by atoms with van der Waals surface area (Å²) in [4.78, 5) is 33.0. The summed E-state index contributed by atoms with van der Waals surface area (Å²) in [5.41, 5.74) is 33.3. The van der Waals surface area contributed by atoms with Crippen LogP contribution in [0.2, 0.25) is 0 Å². The lowest BCUT2D eigenvalue weighted by Gasteiger charge is -2.42. The number of hydrogen-bond acceptors (Lipinski definition) is 8. The van der Waals surface area contributed by atoms with Crippen molar-refractivity contribution in [3.63, 3.8) is 0 Å². The predicted molar refractivity (Wildman–Crippen MR) is 510 cm³/mol. The van der Waals surface area contributed by atoms with E-state index in [9.17, 15) is 0 Å². The molecule has 13 nitrogen and oxygen atoms in total. The van der Waals surface area contributed by atoms with Gasteiger partial charge in [0, 0.05) is 145 Å². The second kappa shape index (κ2) is 33.2. The Bertz CT molecular complexity index is 6550. The lowest BCUT2D eigenvalue weighted by molar-refractivity contribution is 0.632. The minimum atomic E-state index is 0.00832. The summed E-state index contributed by atoms with van der Waals surface area (Å²) in [7, 11) is 0. The first kappa shape index (κ1) is 77.2. The molecule has 0 amide bonds. The maximum Gasteiger partial charge on any atom is 0.145 e. The number of pyridine rings is 7. The summed E-state index contributed by atoms with van der Waals surface area (Å²) in [6.45, 7) is 17.3. The third-order valence-corrected chi connectivity index (χ3v) is 23.4. The Balaban J connectivity index is 0.0000000970. The van der Waals surface area contributed by atoms with Crippen molar-refractivity contribution in [3.8, 4) is 28.4 Å². The number of para-hydroxylation sites is 5. The SMILES string of the molecule is Cc1ccc(-n2c3ccccc3c3cccnc32)cc1.Cc1ccc(-n2c3ccccc3c3ccncc32)cc1.Cc1ccc(-n2c3ccccc3c3cnccc32)cc1.Cc1ccc(-n2c3cccnc3c3ncccc32)cc1.Cc1ccc(-n2c3ccncc3c3cnccc32)cc1.Cc1ccc(N2c3ccccc3C(C)(C)c3ccccc32)cc1. The Labute approximate surface area is 714 Å². The largest absolute Gasteiger partial charge is 0.310 e. The van der Waals surface area contributed by atoms with Crippen molar-refractivity contribution in [2.45, 2.75) is 60.8 Å². The molecule has 0 saturated carbocycles. The van der Waals surface area contributed by atoms with E-state index >= 15 is 0 Å². The maximum atomic E-state index is 4.58. The van der Waals surface area contributed by atoms with Gasteiger partial charge in [0.15, 0.2) is 0 Å². The van der Waals surface area contributed by atoms with Crippen LogP contribution >= 0.6 is 0 Å². The monoisotopic (exact) mass is 1590 g/mol. The Morgan fingerprint density at radius 2 is 0.480 bits per heavy atom. The summed E-state index contributed by atoms with van der Waals surface area (Å²) in [6, 6.07) is 115. The molecule has 1 aliphatic heterocycles.